The number of nitriles is 1. The lowest BCUT2D eigenvalue weighted by molar-refractivity contribution is -0.112. The largest absolute Gasteiger partial charge is 0.494 e. The van der Waals surface area contributed by atoms with E-state index in [2.05, 4.69) is 5.32 Å². The molecule has 0 saturated carbocycles. The summed E-state index contributed by atoms with van der Waals surface area (Å²) in [5.74, 6) is -2.37. The van der Waals surface area contributed by atoms with Gasteiger partial charge in [0.2, 0.25) is 0 Å². The number of alkyl halides is 2. The minimum atomic E-state index is -2.50. The first-order chi connectivity index (χ1) is 12.5. The second kappa shape index (κ2) is 9.59. The summed E-state index contributed by atoms with van der Waals surface area (Å²) in [5.41, 5.74) is 1.03. The Kier molecular flexibility index (Phi) is 7.18. The van der Waals surface area contributed by atoms with E-state index in [1.807, 2.05) is 13.0 Å². The zero-order chi connectivity index (χ0) is 18.9. The summed E-state index contributed by atoms with van der Waals surface area (Å²) in [4.78, 5) is 12.6. The Labute approximate surface area is 154 Å². The first kappa shape index (κ1) is 19.5. The topological polar surface area (TPSA) is 62.1 Å². The summed E-state index contributed by atoms with van der Waals surface area (Å²) >= 11 is 0.423. The highest BCUT2D eigenvalue weighted by atomic mass is 32.2. The molecule has 0 aliphatic carbocycles. The van der Waals surface area contributed by atoms with Gasteiger partial charge in [-0.05, 0) is 55.0 Å². The Morgan fingerprint density at radius 1 is 1.23 bits per heavy atom. The van der Waals surface area contributed by atoms with Crippen molar-refractivity contribution in [1.29, 1.82) is 5.26 Å². The van der Waals surface area contributed by atoms with Crippen molar-refractivity contribution in [3.63, 3.8) is 0 Å². The van der Waals surface area contributed by atoms with E-state index in [4.69, 9.17) is 4.74 Å². The van der Waals surface area contributed by atoms with Gasteiger partial charge in [0.1, 0.15) is 17.4 Å². The van der Waals surface area contributed by atoms with Crippen molar-refractivity contribution in [1.82, 2.24) is 0 Å². The Balaban J connectivity index is 2.07. The molecule has 2 aromatic rings. The molecule has 0 unspecified atom stereocenters. The number of ether oxygens (including phenoxy) is 1. The molecule has 0 atom stereocenters. The summed E-state index contributed by atoms with van der Waals surface area (Å²) in [7, 11) is 0. The molecule has 7 heteroatoms. The van der Waals surface area contributed by atoms with E-state index in [9.17, 15) is 18.8 Å². The van der Waals surface area contributed by atoms with E-state index in [1.54, 1.807) is 24.3 Å². The Hall–Kier alpha value is -2.85. The van der Waals surface area contributed by atoms with Gasteiger partial charge in [-0.1, -0.05) is 23.9 Å². The number of hydrogen-bond donors (Lipinski definition) is 1. The molecule has 134 valence electrons. The van der Waals surface area contributed by atoms with Gasteiger partial charge in [-0.15, -0.1) is 0 Å². The standard InChI is InChI=1S/C19H16F2N2O2S/c1-2-25-16-7-3-13(4-8-16)11-14(12-22)18(24)23-15-5-9-17(10-6-15)26-19(20)21/h3-11,19H,2H2,1H3,(H,23,24)/b14-11+. The molecule has 2 rings (SSSR count). The molecule has 1 amide bonds. The van der Waals surface area contributed by atoms with Crippen molar-refractivity contribution in [2.24, 2.45) is 0 Å². The molecule has 0 aromatic heterocycles. The maximum Gasteiger partial charge on any atom is 0.288 e. The van der Waals surface area contributed by atoms with Gasteiger partial charge in [-0.2, -0.15) is 14.0 Å². The van der Waals surface area contributed by atoms with Crippen LogP contribution in [0.25, 0.3) is 6.08 Å². The highest BCUT2D eigenvalue weighted by molar-refractivity contribution is 7.99. The van der Waals surface area contributed by atoms with Crippen molar-refractivity contribution in [3.05, 3.63) is 59.7 Å². The van der Waals surface area contributed by atoms with Crippen LogP contribution in [0.3, 0.4) is 0 Å². The van der Waals surface area contributed by atoms with Crippen LogP contribution in [0.15, 0.2) is 59.0 Å². The molecule has 26 heavy (non-hydrogen) atoms. The van der Waals surface area contributed by atoms with Gasteiger partial charge >= 0.3 is 0 Å². The van der Waals surface area contributed by atoms with E-state index in [0.29, 0.717) is 40.3 Å². The Morgan fingerprint density at radius 3 is 2.42 bits per heavy atom. The molecule has 1 N–H and O–H groups in total. The minimum absolute atomic E-state index is 0.0693. The predicted molar refractivity (Wildman–Crippen MR) is 98.1 cm³/mol. The van der Waals surface area contributed by atoms with Crippen molar-refractivity contribution in [2.45, 2.75) is 17.6 Å². The van der Waals surface area contributed by atoms with Crippen molar-refractivity contribution in [2.75, 3.05) is 11.9 Å². The zero-order valence-electron chi connectivity index (χ0n) is 13.9. The highest BCUT2D eigenvalue weighted by Gasteiger charge is 2.10. The van der Waals surface area contributed by atoms with Gasteiger partial charge in [0.25, 0.3) is 11.7 Å². The van der Waals surface area contributed by atoms with Crippen molar-refractivity contribution in [3.8, 4) is 11.8 Å². The average Bonchev–Trinajstić information content (AvgIpc) is 2.62. The van der Waals surface area contributed by atoms with Crippen LogP contribution < -0.4 is 10.1 Å². The Bertz CT molecular complexity index is 813. The van der Waals surface area contributed by atoms with E-state index in [1.165, 1.54) is 30.3 Å². The average molecular weight is 374 g/mol. The van der Waals surface area contributed by atoms with E-state index >= 15 is 0 Å². The third kappa shape index (κ3) is 5.90. The first-order valence-corrected chi connectivity index (χ1v) is 8.60. The van der Waals surface area contributed by atoms with Gasteiger partial charge in [-0.3, -0.25) is 4.79 Å². The van der Waals surface area contributed by atoms with Crippen LogP contribution in [0.2, 0.25) is 0 Å². The number of thioether (sulfide) groups is 1. The van der Waals surface area contributed by atoms with Crippen LogP contribution in [0.1, 0.15) is 12.5 Å². The minimum Gasteiger partial charge on any atom is -0.494 e. The van der Waals surface area contributed by atoms with Crippen LogP contribution in [-0.4, -0.2) is 18.3 Å². The van der Waals surface area contributed by atoms with Gasteiger partial charge in [-0.25, -0.2) is 0 Å². The van der Waals surface area contributed by atoms with Gasteiger partial charge in [0.15, 0.2) is 0 Å². The number of rotatable bonds is 7. The fourth-order valence-corrected chi connectivity index (χ4v) is 2.56. The number of hydrogen-bond acceptors (Lipinski definition) is 4. The number of benzene rings is 2. The number of nitrogens with zero attached hydrogens (tertiary/aromatic N) is 1. The van der Waals surface area contributed by atoms with E-state index in [0.717, 1.165) is 0 Å². The van der Waals surface area contributed by atoms with Gasteiger partial charge in [0.05, 0.1) is 6.61 Å². The van der Waals surface area contributed by atoms with Gasteiger partial charge < -0.3 is 10.1 Å². The molecule has 0 spiro atoms. The van der Waals surface area contributed by atoms with Crippen LogP contribution in [0.5, 0.6) is 5.75 Å². The fourth-order valence-electron chi connectivity index (χ4n) is 2.06. The molecule has 4 nitrogen and oxygen atoms in total. The molecule has 0 bridgehead atoms. The number of amides is 1. The zero-order valence-corrected chi connectivity index (χ0v) is 14.7. The number of carbonyl (C=O) groups is 1. The second-order valence-electron chi connectivity index (χ2n) is 5.03. The van der Waals surface area contributed by atoms with Crippen LogP contribution >= 0.6 is 11.8 Å². The number of halogens is 2. The quantitative estimate of drug-likeness (QED) is 0.423. The maximum atomic E-state index is 12.3. The van der Waals surface area contributed by atoms with Crippen molar-refractivity contribution >= 4 is 29.4 Å². The van der Waals surface area contributed by atoms with Crippen LogP contribution in [-0.2, 0) is 4.79 Å². The normalized spacial score (nSPS) is 11.1. The highest BCUT2D eigenvalue weighted by Crippen LogP contribution is 2.26. The third-order valence-electron chi connectivity index (χ3n) is 3.20. The third-order valence-corrected chi connectivity index (χ3v) is 3.93. The second-order valence-corrected chi connectivity index (χ2v) is 6.09. The summed E-state index contributed by atoms with van der Waals surface area (Å²) in [6, 6.07) is 14.8. The lowest BCUT2D eigenvalue weighted by Gasteiger charge is -2.06. The SMILES string of the molecule is CCOc1ccc(/C=C(\C#N)C(=O)Nc2ccc(SC(F)F)cc2)cc1. The maximum absolute atomic E-state index is 12.3. The Morgan fingerprint density at radius 2 is 1.88 bits per heavy atom. The molecule has 0 radical (unpaired) electrons. The molecular weight excluding hydrogens is 358 g/mol. The molecule has 0 heterocycles. The van der Waals surface area contributed by atoms with Gasteiger partial charge in [0, 0.05) is 10.6 Å². The van der Waals surface area contributed by atoms with E-state index in [-0.39, 0.29) is 5.57 Å². The van der Waals surface area contributed by atoms with E-state index < -0.39 is 11.7 Å². The summed E-state index contributed by atoms with van der Waals surface area (Å²) < 4.78 is 29.9. The predicted octanol–water partition coefficient (Wildman–Crippen LogP) is 4.95. The number of nitrogens with one attached hydrogen (secondary N) is 1. The van der Waals surface area contributed by atoms with Crippen LogP contribution in [0.4, 0.5) is 14.5 Å². The number of anilines is 1. The van der Waals surface area contributed by atoms with Crippen molar-refractivity contribution < 1.29 is 18.3 Å². The summed E-state index contributed by atoms with van der Waals surface area (Å²) in [6.45, 7) is 2.43. The number of carbonyl (C=O) groups excluding carboxylic acids is 1. The summed E-state index contributed by atoms with van der Waals surface area (Å²) in [5, 5.41) is 11.8. The molecule has 0 aliphatic heterocycles. The summed E-state index contributed by atoms with van der Waals surface area (Å²) in [6.07, 6.45) is 1.46. The fraction of sp³-hybridized carbons (Fsp3) is 0.158. The lowest BCUT2D eigenvalue weighted by atomic mass is 10.1. The first-order valence-electron chi connectivity index (χ1n) is 7.72. The van der Waals surface area contributed by atoms with Crippen LogP contribution in [0, 0.1) is 11.3 Å². The smallest absolute Gasteiger partial charge is 0.288 e. The molecule has 2 aromatic carbocycles. The molecule has 0 aliphatic rings. The molecule has 0 saturated heterocycles. The monoisotopic (exact) mass is 374 g/mol. The molecular formula is C19H16F2N2O2S. The molecule has 0 fully saturated rings. The lowest BCUT2D eigenvalue weighted by Crippen LogP contribution is -2.13.